The van der Waals surface area contributed by atoms with Crippen LogP contribution in [0.5, 0.6) is 17.2 Å². The van der Waals surface area contributed by atoms with Crippen molar-refractivity contribution in [1.82, 2.24) is 4.98 Å². The fourth-order valence-electron chi connectivity index (χ4n) is 3.09. The number of carbonyl (C=O) groups is 1. The lowest BCUT2D eigenvalue weighted by Crippen LogP contribution is -2.14. The van der Waals surface area contributed by atoms with E-state index >= 15 is 0 Å². The predicted octanol–water partition coefficient (Wildman–Crippen LogP) is 6.12. The molecule has 3 aromatic rings. The van der Waals surface area contributed by atoms with Crippen molar-refractivity contribution in [2.24, 2.45) is 0 Å². The Morgan fingerprint density at radius 2 is 1.90 bits per heavy atom. The highest BCUT2D eigenvalue weighted by molar-refractivity contribution is 6.32. The lowest BCUT2D eigenvalue weighted by atomic mass is 10.1. The number of amides is 1. The van der Waals surface area contributed by atoms with Crippen LogP contribution < -0.4 is 14.8 Å². The molecule has 0 bridgehead atoms. The Morgan fingerprint density at radius 1 is 1.13 bits per heavy atom. The maximum absolute atomic E-state index is 12.8. The molecule has 2 heterocycles. The van der Waals surface area contributed by atoms with Crippen molar-refractivity contribution in [2.45, 2.75) is 19.0 Å². The number of anilines is 1. The van der Waals surface area contributed by atoms with Gasteiger partial charge in [0, 0.05) is 17.8 Å². The van der Waals surface area contributed by atoms with Gasteiger partial charge in [-0.05, 0) is 60.9 Å². The molecule has 0 saturated carbocycles. The normalized spacial score (nSPS) is 13.2. The van der Waals surface area contributed by atoms with Crippen LogP contribution in [0.25, 0.3) is 0 Å². The van der Waals surface area contributed by atoms with Crippen LogP contribution in [0.1, 0.15) is 27.9 Å². The Labute approximate surface area is 180 Å². The number of pyridine rings is 1. The molecule has 31 heavy (non-hydrogen) atoms. The van der Waals surface area contributed by atoms with Crippen molar-refractivity contribution in [2.75, 3.05) is 11.9 Å². The molecule has 0 radical (unpaired) electrons. The number of rotatable bonds is 4. The van der Waals surface area contributed by atoms with Crippen molar-refractivity contribution in [3.8, 4) is 17.2 Å². The highest BCUT2D eigenvalue weighted by Gasteiger charge is 2.30. The van der Waals surface area contributed by atoms with E-state index in [1.807, 2.05) is 6.07 Å². The first-order chi connectivity index (χ1) is 14.8. The highest BCUT2D eigenvalue weighted by Crippen LogP contribution is 2.37. The largest absolute Gasteiger partial charge is 0.493 e. The summed E-state index contributed by atoms with van der Waals surface area (Å²) in [7, 11) is 0. The summed E-state index contributed by atoms with van der Waals surface area (Å²) >= 11 is 6.30. The molecule has 1 aliphatic heterocycles. The molecule has 9 heteroatoms. The molecule has 1 N–H and O–H groups in total. The molecule has 0 unspecified atom stereocenters. The zero-order valence-electron chi connectivity index (χ0n) is 16.0. The number of aromatic nitrogens is 1. The van der Waals surface area contributed by atoms with Crippen LogP contribution in [0.2, 0.25) is 5.02 Å². The van der Waals surface area contributed by atoms with Gasteiger partial charge in [0.05, 0.1) is 17.2 Å². The monoisotopic (exact) mass is 448 g/mol. The molecule has 1 aliphatic rings. The lowest BCUT2D eigenvalue weighted by molar-refractivity contribution is -0.137. The minimum absolute atomic E-state index is 0.194. The second kappa shape index (κ2) is 8.47. The third-order valence-electron chi connectivity index (χ3n) is 4.64. The number of fused-ring (bicyclic) bond motifs is 1. The number of aryl methyl sites for hydroxylation is 1. The van der Waals surface area contributed by atoms with Crippen LogP contribution in [0.4, 0.5) is 19.0 Å². The van der Waals surface area contributed by atoms with Crippen molar-refractivity contribution in [1.29, 1.82) is 0 Å². The topological polar surface area (TPSA) is 60.5 Å². The van der Waals surface area contributed by atoms with Crippen LogP contribution >= 0.6 is 11.6 Å². The number of benzene rings is 2. The lowest BCUT2D eigenvalue weighted by Gasteiger charge is -2.19. The summed E-state index contributed by atoms with van der Waals surface area (Å²) in [6.07, 6.45) is -1.71. The molecule has 1 aromatic heterocycles. The number of nitrogens with zero attached hydrogens (tertiary/aromatic N) is 1. The maximum Gasteiger partial charge on any atom is 0.416 e. The first-order valence-corrected chi connectivity index (χ1v) is 9.75. The second-order valence-corrected chi connectivity index (χ2v) is 7.26. The van der Waals surface area contributed by atoms with Gasteiger partial charge >= 0.3 is 6.18 Å². The van der Waals surface area contributed by atoms with Crippen molar-refractivity contribution in [3.05, 3.63) is 76.4 Å². The standard InChI is InChI=1S/C22H16ClF3N2O3/c23-17-10-14-2-1-9-30-18(14)12-19(17)31-16-5-3-13(4-6-16)21(29)28-20-11-15(7-8-27-20)22(24,25)26/h3-8,10-12H,1-2,9H2,(H,27,28,29). The van der Waals surface area contributed by atoms with Crippen LogP contribution in [0, 0.1) is 0 Å². The van der Waals surface area contributed by atoms with E-state index in [4.69, 9.17) is 21.1 Å². The summed E-state index contributed by atoms with van der Waals surface area (Å²) in [5.41, 5.74) is 0.359. The van der Waals surface area contributed by atoms with E-state index < -0.39 is 17.6 Å². The number of ether oxygens (including phenoxy) is 2. The van der Waals surface area contributed by atoms with Crippen LogP contribution in [0.15, 0.2) is 54.7 Å². The second-order valence-electron chi connectivity index (χ2n) is 6.85. The quantitative estimate of drug-likeness (QED) is 0.522. The molecule has 5 nitrogen and oxygen atoms in total. The van der Waals surface area contributed by atoms with Gasteiger partial charge in [-0.25, -0.2) is 4.98 Å². The van der Waals surface area contributed by atoms with E-state index in [0.717, 1.165) is 42.5 Å². The highest BCUT2D eigenvalue weighted by atomic mass is 35.5. The maximum atomic E-state index is 12.8. The number of hydrogen-bond acceptors (Lipinski definition) is 4. The average Bonchev–Trinajstić information content (AvgIpc) is 2.74. The zero-order valence-corrected chi connectivity index (χ0v) is 16.8. The summed E-state index contributed by atoms with van der Waals surface area (Å²) in [6.45, 7) is 0.638. The molecular weight excluding hydrogens is 433 g/mol. The van der Waals surface area contributed by atoms with Gasteiger partial charge in [-0.1, -0.05) is 11.6 Å². The molecule has 0 saturated heterocycles. The van der Waals surface area contributed by atoms with Crippen molar-refractivity contribution < 1.29 is 27.4 Å². The van der Waals surface area contributed by atoms with Gasteiger partial charge < -0.3 is 14.8 Å². The minimum atomic E-state index is -4.52. The Kier molecular flexibility index (Phi) is 5.73. The van der Waals surface area contributed by atoms with E-state index in [0.29, 0.717) is 23.1 Å². The van der Waals surface area contributed by atoms with Gasteiger partial charge in [-0.15, -0.1) is 0 Å². The van der Waals surface area contributed by atoms with Gasteiger partial charge in [0.25, 0.3) is 5.91 Å². The smallest absolute Gasteiger partial charge is 0.416 e. The first kappa shape index (κ1) is 21.0. The Morgan fingerprint density at radius 3 is 2.65 bits per heavy atom. The number of halogens is 4. The minimum Gasteiger partial charge on any atom is -0.493 e. The molecule has 160 valence electrons. The summed E-state index contributed by atoms with van der Waals surface area (Å²) < 4.78 is 49.8. The summed E-state index contributed by atoms with van der Waals surface area (Å²) in [5, 5.41) is 2.80. The van der Waals surface area contributed by atoms with Gasteiger partial charge in [-0.2, -0.15) is 13.2 Å². The molecule has 2 aromatic carbocycles. The van der Waals surface area contributed by atoms with Gasteiger partial charge in [0.1, 0.15) is 23.1 Å². The van der Waals surface area contributed by atoms with Gasteiger partial charge in [0.2, 0.25) is 0 Å². The van der Waals surface area contributed by atoms with Gasteiger partial charge in [-0.3, -0.25) is 4.79 Å². The molecule has 1 amide bonds. The predicted molar refractivity (Wildman–Crippen MR) is 109 cm³/mol. The molecule has 0 atom stereocenters. The third kappa shape index (κ3) is 4.91. The zero-order chi connectivity index (χ0) is 22.0. The number of hydrogen-bond donors (Lipinski definition) is 1. The van der Waals surface area contributed by atoms with E-state index in [2.05, 4.69) is 10.3 Å². The van der Waals surface area contributed by atoms with Crippen molar-refractivity contribution >= 4 is 23.3 Å². The number of nitrogens with one attached hydrogen (secondary N) is 1. The molecule has 0 spiro atoms. The summed E-state index contributed by atoms with van der Waals surface area (Å²) in [6, 6.07) is 11.2. The fourth-order valence-corrected chi connectivity index (χ4v) is 3.32. The number of alkyl halides is 3. The summed E-state index contributed by atoms with van der Waals surface area (Å²) in [5.74, 6) is 0.800. The molecule has 0 fully saturated rings. The summed E-state index contributed by atoms with van der Waals surface area (Å²) in [4.78, 5) is 16.1. The van der Waals surface area contributed by atoms with E-state index in [9.17, 15) is 18.0 Å². The number of carbonyl (C=O) groups excluding carboxylic acids is 1. The van der Waals surface area contributed by atoms with Gasteiger partial charge in [0.15, 0.2) is 0 Å². The molecule has 4 rings (SSSR count). The van der Waals surface area contributed by atoms with Crippen LogP contribution in [0.3, 0.4) is 0 Å². The van der Waals surface area contributed by atoms with Crippen molar-refractivity contribution in [3.63, 3.8) is 0 Å². The third-order valence-corrected chi connectivity index (χ3v) is 4.93. The average molecular weight is 449 g/mol. The molecule has 0 aliphatic carbocycles. The van der Waals surface area contributed by atoms with E-state index in [-0.39, 0.29) is 11.4 Å². The Balaban J connectivity index is 1.45. The van der Waals surface area contributed by atoms with E-state index in [1.165, 1.54) is 12.1 Å². The fraction of sp³-hybridized carbons (Fsp3) is 0.182. The van der Waals surface area contributed by atoms with Crippen LogP contribution in [-0.2, 0) is 12.6 Å². The molecular formula is C22H16ClF3N2O3. The SMILES string of the molecule is O=C(Nc1cc(C(F)(F)F)ccn1)c1ccc(Oc2cc3c(cc2Cl)CCCO3)cc1. The van der Waals surface area contributed by atoms with E-state index in [1.54, 1.807) is 18.2 Å². The Hall–Kier alpha value is -3.26. The first-order valence-electron chi connectivity index (χ1n) is 9.37. The Bertz CT molecular complexity index is 1120. The van der Waals surface area contributed by atoms with Crippen LogP contribution in [-0.4, -0.2) is 17.5 Å².